The van der Waals surface area contributed by atoms with Gasteiger partial charge < -0.3 is 14.6 Å². The first-order valence-corrected chi connectivity index (χ1v) is 9.30. The number of nitrogens with zero attached hydrogens (tertiary/aromatic N) is 1. The van der Waals surface area contributed by atoms with E-state index in [1.54, 1.807) is 24.3 Å². The molecule has 1 aromatic heterocycles. The van der Waals surface area contributed by atoms with Crippen molar-refractivity contribution in [2.24, 2.45) is 0 Å². The molecule has 1 N–H and O–H groups in total. The first kappa shape index (κ1) is 19.8. The van der Waals surface area contributed by atoms with Crippen LogP contribution in [-0.4, -0.2) is 30.3 Å². The lowest BCUT2D eigenvalue weighted by Gasteiger charge is -2.16. The van der Waals surface area contributed by atoms with E-state index in [9.17, 15) is 14.0 Å². The van der Waals surface area contributed by atoms with Crippen LogP contribution in [0, 0.1) is 12.7 Å². The number of carbonyl (C=O) groups is 2. The molecule has 0 unspecified atom stereocenters. The summed E-state index contributed by atoms with van der Waals surface area (Å²) in [5, 5.41) is 2.79. The van der Waals surface area contributed by atoms with Gasteiger partial charge in [-0.1, -0.05) is 15.9 Å². The summed E-state index contributed by atoms with van der Waals surface area (Å²) in [6, 6.07) is 14.5. The van der Waals surface area contributed by atoms with Gasteiger partial charge in [0.1, 0.15) is 11.6 Å². The van der Waals surface area contributed by atoms with Crippen molar-refractivity contribution in [1.29, 1.82) is 0 Å². The molecule has 2 aromatic carbocycles. The third-order valence-electron chi connectivity index (χ3n) is 4.14. The minimum atomic E-state index is -0.420. The summed E-state index contributed by atoms with van der Waals surface area (Å²) in [4.78, 5) is 26.1. The highest BCUT2D eigenvalue weighted by molar-refractivity contribution is 9.10. The molecule has 0 fully saturated rings. The zero-order chi connectivity index (χ0) is 20.3. The molecular formula is C21H18BrFN2O3. The van der Waals surface area contributed by atoms with Crippen molar-refractivity contribution in [2.45, 2.75) is 6.92 Å². The quantitative estimate of drug-likeness (QED) is 0.610. The van der Waals surface area contributed by atoms with E-state index in [1.807, 2.05) is 19.1 Å². The lowest BCUT2D eigenvalue weighted by molar-refractivity contribution is -0.116. The highest BCUT2D eigenvalue weighted by Crippen LogP contribution is 2.23. The number of hydrogen-bond donors (Lipinski definition) is 1. The Balaban J connectivity index is 1.64. The summed E-state index contributed by atoms with van der Waals surface area (Å²) >= 11 is 3.38. The van der Waals surface area contributed by atoms with Gasteiger partial charge in [-0.15, -0.1) is 0 Å². The summed E-state index contributed by atoms with van der Waals surface area (Å²) in [6.45, 7) is 1.76. The highest BCUT2D eigenvalue weighted by atomic mass is 79.9. The second kappa shape index (κ2) is 8.39. The molecule has 144 valence electrons. The number of halogens is 2. The lowest BCUT2D eigenvalue weighted by Crippen LogP contribution is -2.34. The average Bonchev–Trinajstić information content (AvgIpc) is 3.14. The van der Waals surface area contributed by atoms with Crippen LogP contribution in [0.4, 0.5) is 10.1 Å². The third-order valence-corrected chi connectivity index (χ3v) is 4.63. The number of nitrogens with one attached hydrogen (secondary N) is 1. The minimum absolute atomic E-state index is 0.106. The average molecular weight is 445 g/mol. The Kier molecular flexibility index (Phi) is 5.94. The van der Waals surface area contributed by atoms with Crippen molar-refractivity contribution in [2.75, 3.05) is 18.9 Å². The van der Waals surface area contributed by atoms with E-state index in [0.717, 1.165) is 10.0 Å². The Morgan fingerprint density at radius 1 is 1.11 bits per heavy atom. The highest BCUT2D eigenvalue weighted by Gasteiger charge is 2.19. The predicted molar refractivity (Wildman–Crippen MR) is 109 cm³/mol. The fourth-order valence-electron chi connectivity index (χ4n) is 2.65. The summed E-state index contributed by atoms with van der Waals surface area (Å²) in [5.41, 5.74) is 2.25. The predicted octanol–water partition coefficient (Wildman–Crippen LogP) is 4.87. The van der Waals surface area contributed by atoms with Gasteiger partial charge in [-0.3, -0.25) is 9.59 Å². The molecule has 3 aromatic rings. The van der Waals surface area contributed by atoms with Gasteiger partial charge in [0.15, 0.2) is 5.76 Å². The van der Waals surface area contributed by atoms with Crippen LogP contribution in [0.15, 0.2) is 63.5 Å². The van der Waals surface area contributed by atoms with Gasteiger partial charge in [0.25, 0.3) is 5.91 Å². The zero-order valence-electron chi connectivity index (χ0n) is 15.3. The molecule has 0 atom stereocenters. The van der Waals surface area contributed by atoms with Gasteiger partial charge in [-0.25, -0.2) is 4.39 Å². The Bertz CT molecular complexity index is 1010. The Labute approximate surface area is 170 Å². The van der Waals surface area contributed by atoms with Crippen molar-refractivity contribution < 1.29 is 18.4 Å². The number of hydrogen-bond acceptors (Lipinski definition) is 3. The van der Waals surface area contributed by atoms with Crippen LogP contribution in [0.3, 0.4) is 0 Å². The van der Waals surface area contributed by atoms with Gasteiger partial charge in [0, 0.05) is 22.8 Å². The van der Waals surface area contributed by atoms with Crippen LogP contribution in [0.2, 0.25) is 0 Å². The number of benzene rings is 2. The maximum atomic E-state index is 13.0. The van der Waals surface area contributed by atoms with Crippen LogP contribution >= 0.6 is 15.9 Å². The molecule has 5 nitrogen and oxygen atoms in total. The fourth-order valence-corrected chi connectivity index (χ4v) is 3.13. The molecule has 0 aliphatic carbocycles. The summed E-state index contributed by atoms with van der Waals surface area (Å²) in [6.07, 6.45) is 0. The SMILES string of the molecule is Cc1cc(Br)ccc1NC(=O)CN(C)C(=O)c1ccc(-c2ccc(F)cc2)o1. The number of amides is 2. The first-order valence-electron chi connectivity index (χ1n) is 8.51. The van der Waals surface area contributed by atoms with Crippen LogP contribution in [0.5, 0.6) is 0 Å². The monoisotopic (exact) mass is 444 g/mol. The number of furan rings is 1. The topological polar surface area (TPSA) is 62.6 Å². The molecule has 0 spiro atoms. The molecule has 7 heteroatoms. The first-order chi connectivity index (χ1) is 13.3. The van der Waals surface area contributed by atoms with E-state index in [1.165, 1.54) is 30.1 Å². The smallest absolute Gasteiger partial charge is 0.289 e. The molecule has 0 aliphatic rings. The van der Waals surface area contributed by atoms with Gasteiger partial charge in [-0.2, -0.15) is 0 Å². The summed E-state index contributed by atoms with van der Waals surface area (Å²) < 4.78 is 19.5. The van der Waals surface area contributed by atoms with E-state index in [2.05, 4.69) is 21.2 Å². The largest absolute Gasteiger partial charge is 0.451 e. The van der Waals surface area contributed by atoms with Crippen molar-refractivity contribution >= 4 is 33.4 Å². The minimum Gasteiger partial charge on any atom is -0.451 e. The molecule has 3 rings (SSSR count). The van der Waals surface area contributed by atoms with Crippen LogP contribution in [-0.2, 0) is 4.79 Å². The Morgan fingerprint density at radius 3 is 2.50 bits per heavy atom. The number of rotatable bonds is 5. The number of carbonyl (C=O) groups excluding carboxylic acids is 2. The molecule has 0 bridgehead atoms. The second-order valence-electron chi connectivity index (χ2n) is 6.34. The molecule has 2 amide bonds. The van der Waals surface area contributed by atoms with Crippen LogP contribution in [0.1, 0.15) is 16.1 Å². The molecule has 1 heterocycles. The van der Waals surface area contributed by atoms with Crippen molar-refractivity contribution in [1.82, 2.24) is 4.90 Å². The number of likely N-dealkylation sites (N-methyl/N-ethyl adjacent to an activating group) is 1. The van der Waals surface area contributed by atoms with Gasteiger partial charge in [0.05, 0.1) is 6.54 Å². The summed E-state index contributed by atoms with van der Waals surface area (Å²) in [5.74, 6) is -0.526. The third kappa shape index (κ3) is 4.67. The Hall–Kier alpha value is -2.93. The molecular weight excluding hydrogens is 427 g/mol. The lowest BCUT2D eigenvalue weighted by atomic mass is 10.2. The van der Waals surface area contributed by atoms with Crippen molar-refractivity contribution in [3.05, 3.63) is 76.2 Å². The van der Waals surface area contributed by atoms with Gasteiger partial charge >= 0.3 is 0 Å². The molecule has 28 heavy (non-hydrogen) atoms. The van der Waals surface area contributed by atoms with E-state index in [0.29, 0.717) is 17.0 Å². The number of anilines is 1. The normalized spacial score (nSPS) is 10.6. The fraction of sp³-hybridized carbons (Fsp3) is 0.143. The van der Waals surface area contributed by atoms with E-state index >= 15 is 0 Å². The molecule has 0 radical (unpaired) electrons. The standard InChI is InChI=1S/C21H18BrFN2O3/c1-13-11-15(22)5-8-17(13)24-20(26)12-25(2)21(27)19-10-9-18(28-19)14-3-6-16(23)7-4-14/h3-11H,12H2,1-2H3,(H,24,26). The van der Waals surface area contributed by atoms with Crippen LogP contribution in [0.25, 0.3) is 11.3 Å². The van der Waals surface area contributed by atoms with E-state index < -0.39 is 5.91 Å². The van der Waals surface area contributed by atoms with E-state index in [4.69, 9.17) is 4.42 Å². The Morgan fingerprint density at radius 2 is 1.82 bits per heavy atom. The van der Waals surface area contributed by atoms with Crippen molar-refractivity contribution in [3.63, 3.8) is 0 Å². The number of aryl methyl sites for hydroxylation is 1. The van der Waals surface area contributed by atoms with E-state index in [-0.39, 0.29) is 24.0 Å². The molecule has 0 saturated carbocycles. The maximum absolute atomic E-state index is 13.0. The molecule has 0 saturated heterocycles. The maximum Gasteiger partial charge on any atom is 0.289 e. The second-order valence-corrected chi connectivity index (χ2v) is 7.26. The van der Waals surface area contributed by atoms with Crippen LogP contribution < -0.4 is 5.32 Å². The van der Waals surface area contributed by atoms with Gasteiger partial charge in [0.2, 0.25) is 5.91 Å². The zero-order valence-corrected chi connectivity index (χ0v) is 16.9. The summed E-state index contributed by atoms with van der Waals surface area (Å²) in [7, 11) is 1.52. The molecule has 0 aliphatic heterocycles. The van der Waals surface area contributed by atoms with Gasteiger partial charge in [-0.05, 0) is 67.1 Å². The van der Waals surface area contributed by atoms with Crippen molar-refractivity contribution in [3.8, 4) is 11.3 Å².